The maximum Gasteiger partial charge on any atom is 0.241 e. The van der Waals surface area contributed by atoms with Gasteiger partial charge in [0.05, 0.1) is 12.3 Å². The van der Waals surface area contributed by atoms with Crippen LogP contribution in [0.1, 0.15) is 13.8 Å². The summed E-state index contributed by atoms with van der Waals surface area (Å²) in [5, 5.41) is 2.67. The van der Waals surface area contributed by atoms with Gasteiger partial charge in [-0.05, 0) is 30.2 Å². The zero-order chi connectivity index (χ0) is 14.6. The molecule has 0 fully saturated rings. The first-order chi connectivity index (χ1) is 8.69. The third-order valence-corrected chi connectivity index (χ3v) is 3.08. The molecule has 1 aromatic rings. The molecule has 0 heterocycles. The molecule has 6 nitrogen and oxygen atoms in total. The molecule has 106 valence electrons. The maximum atomic E-state index is 11.7. The Morgan fingerprint density at radius 3 is 2.05 bits per heavy atom. The molecule has 0 saturated carbocycles. The number of hydrogen-bond donors (Lipinski definition) is 3. The minimum Gasteiger partial charge on any atom is -0.325 e. The number of amides is 1. The molecule has 0 aliphatic heterocycles. The van der Waals surface area contributed by atoms with Crippen LogP contribution in [0.25, 0.3) is 0 Å². The van der Waals surface area contributed by atoms with Crippen LogP contribution in [0.2, 0.25) is 0 Å². The number of hydrogen-bond acceptors (Lipinski definition) is 4. The predicted molar refractivity (Wildman–Crippen MR) is 76.4 cm³/mol. The lowest BCUT2D eigenvalue weighted by Crippen LogP contribution is -2.39. The number of rotatable bonds is 5. The summed E-state index contributed by atoms with van der Waals surface area (Å²) in [7, 11) is -3.30. The van der Waals surface area contributed by atoms with Crippen molar-refractivity contribution in [2.24, 2.45) is 11.7 Å². The number of carbonyl (C=O) groups excluding carboxylic acids is 1. The van der Waals surface area contributed by atoms with Crippen LogP contribution in [0.4, 0.5) is 11.4 Å². The summed E-state index contributed by atoms with van der Waals surface area (Å²) in [5.41, 5.74) is 6.73. The number of nitrogens with two attached hydrogens (primary N) is 1. The minimum atomic E-state index is -3.30. The monoisotopic (exact) mass is 285 g/mol. The van der Waals surface area contributed by atoms with Crippen molar-refractivity contribution < 1.29 is 13.2 Å². The Morgan fingerprint density at radius 2 is 1.63 bits per heavy atom. The normalized spacial score (nSPS) is 13.1. The summed E-state index contributed by atoms with van der Waals surface area (Å²) in [5.74, 6) is -0.218. The molecule has 1 aromatic carbocycles. The Bertz CT molecular complexity index is 538. The quantitative estimate of drug-likeness (QED) is 0.750. The maximum absolute atomic E-state index is 11.7. The summed E-state index contributed by atoms with van der Waals surface area (Å²) >= 11 is 0. The van der Waals surface area contributed by atoms with Crippen LogP contribution >= 0.6 is 0 Å². The molecule has 0 aromatic heterocycles. The van der Waals surface area contributed by atoms with E-state index in [0.717, 1.165) is 6.26 Å². The fourth-order valence-electron chi connectivity index (χ4n) is 1.36. The van der Waals surface area contributed by atoms with E-state index in [1.165, 1.54) is 0 Å². The van der Waals surface area contributed by atoms with E-state index in [0.29, 0.717) is 11.4 Å². The molecule has 1 amide bonds. The Labute approximate surface area is 113 Å². The summed E-state index contributed by atoms with van der Waals surface area (Å²) < 4.78 is 24.4. The topological polar surface area (TPSA) is 101 Å². The van der Waals surface area contributed by atoms with Gasteiger partial charge in [-0.2, -0.15) is 0 Å². The molecule has 1 rings (SSSR count). The van der Waals surface area contributed by atoms with E-state index in [4.69, 9.17) is 5.73 Å². The molecular weight excluding hydrogens is 266 g/mol. The smallest absolute Gasteiger partial charge is 0.241 e. The van der Waals surface area contributed by atoms with Gasteiger partial charge in [-0.1, -0.05) is 13.8 Å². The van der Waals surface area contributed by atoms with Crippen molar-refractivity contribution >= 4 is 27.3 Å². The van der Waals surface area contributed by atoms with Gasteiger partial charge in [0.15, 0.2) is 0 Å². The molecular formula is C12H19N3O3S. The lowest BCUT2D eigenvalue weighted by atomic mass is 10.0. The van der Waals surface area contributed by atoms with E-state index in [1.807, 2.05) is 13.8 Å². The van der Waals surface area contributed by atoms with Crippen LogP contribution in [0.5, 0.6) is 0 Å². The van der Waals surface area contributed by atoms with Gasteiger partial charge in [-0.25, -0.2) is 8.42 Å². The van der Waals surface area contributed by atoms with Gasteiger partial charge in [0.25, 0.3) is 0 Å². The predicted octanol–water partition coefficient (Wildman–Crippen LogP) is 0.980. The summed E-state index contributed by atoms with van der Waals surface area (Å²) in [6, 6.07) is 5.78. The zero-order valence-corrected chi connectivity index (χ0v) is 12.0. The lowest BCUT2D eigenvalue weighted by Gasteiger charge is -2.15. The van der Waals surface area contributed by atoms with Gasteiger partial charge in [0, 0.05) is 11.4 Å². The standard InChI is InChI=1S/C12H19N3O3S/c1-8(2)11(13)12(16)14-9-4-6-10(7-5-9)15-19(3,17)18/h4-8,11,15H,13H2,1-3H3,(H,14,16)/t11-/m0/s1. The summed E-state index contributed by atoms with van der Waals surface area (Å²) in [6.45, 7) is 3.73. The molecule has 0 unspecified atom stereocenters. The van der Waals surface area contributed by atoms with Crippen molar-refractivity contribution in [3.05, 3.63) is 24.3 Å². The second-order valence-electron chi connectivity index (χ2n) is 4.71. The molecule has 0 aliphatic rings. The van der Waals surface area contributed by atoms with Gasteiger partial charge in [-0.3, -0.25) is 9.52 Å². The van der Waals surface area contributed by atoms with Crippen molar-refractivity contribution in [1.82, 2.24) is 0 Å². The Morgan fingerprint density at radius 1 is 1.16 bits per heavy atom. The van der Waals surface area contributed by atoms with E-state index in [9.17, 15) is 13.2 Å². The third-order valence-electron chi connectivity index (χ3n) is 2.48. The fraction of sp³-hybridized carbons (Fsp3) is 0.417. The summed E-state index contributed by atoms with van der Waals surface area (Å²) in [4.78, 5) is 11.7. The van der Waals surface area contributed by atoms with Gasteiger partial charge >= 0.3 is 0 Å². The van der Waals surface area contributed by atoms with Gasteiger partial charge < -0.3 is 11.1 Å². The molecule has 0 radical (unpaired) electrons. The first kappa shape index (κ1) is 15.5. The SMILES string of the molecule is CC(C)[C@H](N)C(=O)Nc1ccc(NS(C)(=O)=O)cc1. The van der Waals surface area contributed by atoms with Crippen LogP contribution in [0, 0.1) is 5.92 Å². The van der Waals surface area contributed by atoms with Gasteiger partial charge in [0.1, 0.15) is 0 Å². The highest BCUT2D eigenvalue weighted by atomic mass is 32.2. The van der Waals surface area contributed by atoms with Gasteiger partial charge in [-0.15, -0.1) is 0 Å². The highest BCUT2D eigenvalue weighted by Crippen LogP contribution is 2.15. The van der Waals surface area contributed by atoms with Crippen molar-refractivity contribution in [2.45, 2.75) is 19.9 Å². The van der Waals surface area contributed by atoms with Crippen LogP contribution in [0.3, 0.4) is 0 Å². The first-order valence-corrected chi connectivity index (χ1v) is 7.72. The molecule has 19 heavy (non-hydrogen) atoms. The Hall–Kier alpha value is -1.60. The molecule has 0 bridgehead atoms. The molecule has 0 spiro atoms. The van der Waals surface area contributed by atoms with Crippen LogP contribution < -0.4 is 15.8 Å². The average molecular weight is 285 g/mol. The largest absolute Gasteiger partial charge is 0.325 e. The zero-order valence-electron chi connectivity index (χ0n) is 11.2. The highest BCUT2D eigenvalue weighted by molar-refractivity contribution is 7.92. The van der Waals surface area contributed by atoms with E-state index >= 15 is 0 Å². The third kappa shape index (κ3) is 5.27. The van der Waals surface area contributed by atoms with E-state index in [2.05, 4.69) is 10.0 Å². The second kappa shape index (κ2) is 6.03. The first-order valence-electron chi connectivity index (χ1n) is 5.83. The molecule has 1 atom stereocenters. The molecule has 4 N–H and O–H groups in total. The number of anilines is 2. The van der Waals surface area contributed by atoms with E-state index in [-0.39, 0.29) is 11.8 Å². The highest BCUT2D eigenvalue weighted by Gasteiger charge is 2.17. The van der Waals surface area contributed by atoms with Crippen LogP contribution in [0.15, 0.2) is 24.3 Å². The van der Waals surface area contributed by atoms with Gasteiger partial charge in [0.2, 0.25) is 15.9 Å². The Kier molecular flexibility index (Phi) is 4.90. The lowest BCUT2D eigenvalue weighted by molar-refractivity contribution is -0.118. The van der Waals surface area contributed by atoms with Crippen molar-refractivity contribution in [1.29, 1.82) is 0 Å². The van der Waals surface area contributed by atoms with Crippen molar-refractivity contribution in [3.63, 3.8) is 0 Å². The molecule has 0 saturated heterocycles. The number of carbonyl (C=O) groups is 1. The molecule has 7 heteroatoms. The van der Waals surface area contributed by atoms with Crippen molar-refractivity contribution in [3.8, 4) is 0 Å². The second-order valence-corrected chi connectivity index (χ2v) is 6.46. The van der Waals surface area contributed by atoms with Crippen LogP contribution in [-0.4, -0.2) is 26.6 Å². The van der Waals surface area contributed by atoms with Crippen LogP contribution in [-0.2, 0) is 14.8 Å². The molecule has 0 aliphatic carbocycles. The average Bonchev–Trinajstić information content (AvgIpc) is 2.28. The van der Waals surface area contributed by atoms with Crippen molar-refractivity contribution in [2.75, 3.05) is 16.3 Å². The Balaban J connectivity index is 2.70. The van der Waals surface area contributed by atoms with E-state index in [1.54, 1.807) is 24.3 Å². The number of sulfonamides is 1. The summed E-state index contributed by atoms with van der Waals surface area (Å²) in [6.07, 6.45) is 1.07. The van der Waals surface area contributed by atoms with E-state index < -0.39 is 16.1 Å². The fourth-order valence-corrected chi connectivity index (χ4v) is 1.93. The number of nitrogens with one attached hydrogen (secondary N) is 2. The number of benzene rings is 1. The minimum absolute atomic E-state index is 0.0474.